The minimum Gasteiger partial charge on any atom is -0.478 e. The maximum absolute atomic E-state index is 13.4. The van der Waals surface area contributed by atoms with Crippen molar-refractivity contribution in [2.75, 3.05) is 11.9 Å². The number of anilines is 1. The highest BCUT2D eigenvalue weighted by atomic mass is 35.5. The van der Waals surface area contributed by atoms with E-state index in [-0.39, 0.29) is 16.8 Å². The predicted octanol–water partition coefficient (Wildman–Crippen LogP) is 5.60. The molecule has 1 amide bonds. The van der Waals surface area contributed by atoms with Crippen molar-refractivity contribution in [3.05, 3.63) is 100 Å². The van der Waals surface area contributed by atoms with Crippen molar-refractivity contribution in [3.8, 4) is 11.3 Å². The van der Waals surface area contributed by atoms with Gasteiger partial charge in [0.2, 0.25) is 0 Å². The van der Waals surface area contributed by atoms with Gasteiger partial charge in [0.05, 0.1) is 21.8 Å². The lowest BCUT2D eigenvalue weighted by Crippen LogP contribution is -2.23. The summed E-state index contributed by atoms with van der Waals surface area (Å²) in [6.07, 6.45) is 5.83. The molecular formula is C27H22ClN3O4S. The lowest BCUT2D eigenvalue weighted by molar-refractivity contribution is 0.0698. The van der Waals surface area contributed by atoms with E-state index in [0.717, 1.165) is 35.6 Å². The first kappa shape index (κ1) is 24.0. The number of carboxylic acid groups (broad SMARTS) is 1. The molecule has 0 spiro atoms. The number of aromatic nitrogens is 1. The van der Waals surface area contributed by atoms with Crippen LogP contribution in [0.3, 0.4) is 0 Å². The Labute approximate surface area is 215 Å². The van der Waals surface area contributed by atoms with Crippen molar-refractivity contribution in [2.24, 2.45) is 0 Å². The molecule has 3 aromatic rings. The average molecular weight is 520 g/mol. The number of carbonyl (C=O) groups excluding carboxylic acids is 1. The Bertz CT molecular complexity index is 1450. The molecule has 1 unspecified atom stereocenters. The summed E-state index contributed by atoms with van der Waals surface area (Å²) in [7, 11) is -1.48. The number of halogens is 1. The van der Waals surface area contributed by atoms with Gasteiger partial charge in [-0.3, -0.25) is 14.1 Å². The second-order valence-corrected chi connectivity index (χ2v) is 10.3. The highest BCUT2D eigenvalue weighted by molar-refractivity contribution is 7.82. The normalized spacial score (nSPS) is 15.8. The van der Waals surface area contributed by atoms with Crippen molar-refractivity contribution in [2.45, 2.75) is 24.2 Å². The molecule has 2 heterocycles. The van der Waals surface area contributed by atoms with Gasteiger partial charge >= 0.3 is 5.97 Å². The first-order valence-electron chi connectivity index (χ1n) is 11.4. The van der Waals surface area contributed by atoms with Gasteiger partial charge in [0.15, 0.2) is 11.0 Å². The third kappa shape index (κ3) is 4.82. The van der Waals surface area contributed by atoms with E-state index < -0.39 is 22.9 Å². The highest BCUT2D eigenvalue weighted by Crippen LogP contribution is 2.37. The van der Waals surface area contributed by atoms with E-state index in [2.05, 4.69) is 10.3 Å². The lowest BCUT2D eigenvalue weighted by atomic mass is 10.0. The van der Waals surface area contributed by atoms with Crippen LogP contribution in [-0.4, -0.2) is 37.0 Å². The zero-order valence-electron chi connectivity index (χ0n) is 19.1. The van der Waals surface area contributed by atoms with Crippen LogP contribution < -0.4 is 5.32 Å². The number of nitrogens with one attached hydrogen (secondary N) is 1. The van der Waals surface area contributed by atoms with E-state index in [9.17, 15) is 18.9 Å². The number of pyridine rings is 1. The molecule has 1 aromatic heterocycles. The number of hydrogen-bond donors (Lipinski definition) is 2. The van der Waals surface area contributed by atoms with Crippen molar-refractivity contribution in [3.63, 3.8) is 0 Å². The van der Waals surface area contributed by atoms with E-state index in [1.807, 2.05) is 16.4 Å². The molecule has 0 saturated carbocycles. The third-order valence-electron chi connectivity index (χ3n) is 6.14. The van der Waals surface area contributed by atoms with Crippen LogP contribution in [0.2, 0.25) is 0 Å². The number of benzene rings is 2. The fraction of sp³-hybridized carbons (Fsp3) is 0.148. The smallest absolute Gasteiger partial charge is 0.337 e. The molecule has 1 atom stereocenters. The molecule has 2 aromatic carbocycles. The summed E-state index contributed by atoms with van der Waals surface area (Å²) in [5.41, 5.74) is 3.80. The second-order valence-electron chi connectivity index (χ2n) is 8.43. The highest BCUT2D eigenvalue weighted by Gasteiger charge is 2.29. The Morgan fingerprint density at radius 3 is 2.67 bits per heavy atom. The fourth-order valence-corrected chi connectivity index (χ4v) is 5.94. The molecule has 2 N–H and O–H groups in total. The molecule has 0 bridgehead atoms. The quantitative estimate of drug-likeness (QED) is 0.441. The van der Waals surface area contributed by atoms with Crippen LogP contribution in [0.4, 0.5) is 5.69 Å². The molecule has 9 heteroatoms. The maximum atomic E-state index is 13.4. The van der Waals surface area contributed by atoms with E-state index in [4.69, 9.17) is 11.6 Å². The van der Waals surface area contributed by atoms with Crippen molar-refractivity contribution in [1.29, 1.82) is 0 Å². The monoisotopic (exact) mass is 519 g/mol. The summed E-state index contributed by atoms with van der Waals surface area (Å²) in [6.45, 7) is 0.624. The number of nitrogens with zero attached hydrogens (tertiary/aromatic N) is 2. The van der Waals surface area contributed by atoms with Crippen LogP contribution in [0.25, 0.3) is 11.3 Å². The van der Waals surface area contributed by atoms with Crippen LogP contribution >= 0.6 is 11.6 Å². The van der Waals surface area contributed by atoms with Crippen LogP contribution in [0.1, 0.15) is 40.0 Å². The SMILES string of the molecule is O=C(Nc1ccc(-c2ccccn2)cc1C(=O)O)c1cccc(S(=O)N2CCC3=C2CCC(Cl)=C3)c1. The minimum atomic E-state index is -1.48. The zero-order chi connectivity index (χ0) is 25.2. The van der Waals surface area contributed by atoms with Crippen molar-refractivity contribution in [1.82, 2.24) is 9.29 Å². The molecule has 0 fully saturated rings. The Kier molecular flexibility index (Phi) is 6.71. The number of carbonyl (C=O) groups is 2. The van der Waals surface area contributed by atoms with E-state index in [1.165, 1.54) is 6.07 Å². The Morgan fingerprint density at radius 2 is 1.89 bits per heavy atom. The summed E-state index contributed by atoms with van der Waals surface area (Å²) in [4.78, 5) is 29.7. The zero-order valence-corrected chi connectivity index (χ0v) is 20.7. The first-order chi connectivity index (χ1) is 17.4. The van der Waals surface area contributed by atoms with Crippen LogP contribution in [-0.2, 0) is 11.0 Å². The predicted molar refractivity (Wildman–Crippen MR) is 139 cm³/mol. The van der Waals surface area contributed by atoms with Gasteiger partial charge in [0.1, 0.15) is 0 Å². The average Bonchev–Trinajstić information content (AvgIpc) is 3.32. The van der Waals surface area contributed by atoms with Gasteiger partial charge in [-0.1, -0.05) is 29.8 Å². The molecule has 7 nitrogen and oxygen atoms in total. The van der Waals surface area contributed by atoms with Gasteiger partial charge in [-0.2, -0.15) is 0 Å². The van der Waals surface area contributed by atoms with E-state index in [1.54, 1.807) is 54.7 Å². The van der Waals surface area contributed by atoms with E-state index in [0.29, 0.717) is 22.7 Å². The number of rotatable bonds is 6. The summed E-state index contributed by atoms with van der Waals surface area (Å²) in [6, 6.07) is 16.7. The maximum Gasteiger partial charge on any atom is 0.337 e. The van der Waals surface area contributed by atoms with E-state index >= 15 is 0 Å². The molecule has 0 saturated heterocycles. The molecule has 0 radical (unpaired) electrons. The first-order valence-corrected chi connectivity index (χ1v) is 12.9. The summed E-state index contributed by atoms with van der Waals surface area (Å²) < 4.78 is 15.2. The Balaban J connectivity index is 1.37. The molecule has 2 aliphatic rings. The molecule has 182 valence electrons. The number of allylic oxidation sites excluding steroid dienone is 3. The minimum absolute atomic E-state index is 0.0493. The Hall–Kier alpha value is -3.75. The summed E-state index contributed by atoms with van der Waals surface area (Å²) in [5, 5.41) is 13.2. The van der Waals surface area contributed by atoms with Gasteiger partial charge in [0.25, 0.3) is 5.91 Å². The van der Waals surface area contributed by atoms with Gasteiger partial charge in [-0.25, -0.2) is 9.00 Å². The molecule has 5 rings (SSSR count). The number of aromatic carboxylic acids is 1. The molecule has 1 aliphatic carbocycles. The van der Waals surface area contributed by atoms with Crippen LogP contribution in [0.5, 0.6) is 0 Å². The topological polar surface area (TPSA) is 99.6 Å². The van der Waals surface area contributed by atoms with Gasteiger partial charge < -0.3 is 10.4 Å². The standard InChI is InChI=1S/C27H22ClN3O4S/c28-20-8-10-25-18(14-20)11-13-31(25)36(35)21-5-3-4-19(15-21)26(32)30-24-9-7-17(16-22(24)27(33)34)23-6-1-2-12-29-23/h1-7,9,12,14-16H,8,10-11,13H2,(H,30,32)(H,33,34). The number of hydrogen-bond acceptors (Lipinski definition) is 4. The summed E-state index contributed by atoms with van der Waals surface area (Å²) in [5.74, 6) is -1.66. The number of amides is 1. The molecule has 36 heavy (non-hydrogen) atoms. The van der Waals surface area contributed by atoms with Crippen LogP contribution in [0.15, 0.2) is 94.1 Å². The molecular weight excluding hydrogens is 498 g/mol. The Morgan fingerprint density at radius 1 is 1.03 bits per heavy atom. The summed E-state index contributed by atoms with van der Waals surface area (Å²) >= 11 is 6.17. The van der Waals surface area contributed by atoms with Gasteiger partial charge in [0, 0.05) is 34.6 Å². The van der Waals surface area contributed by atoms with Crippen molar-refractivity contribution >= 4 is 40.2 Å². The van der Waals surface area contributed by atoms with Crippen molar-refractivity contribution < 1.29 is 18.9 Å². The fourth-order valence-electron chi connectivity index (χ4n) is 4.37. The lowest BCUT2D eigenvalue weighted by Gasteiger charge is -2.23. The van der Waals surface area contributed by atoms with Crippen LogP contribution in [0, 0.1) is 0 Å². The van der Waals surface area contributed by atoms with Gasteiger partial charge in [-0.15, -0.1) is 0 Å². The second kappa shape index (κ2) is 10.1. The third-order valence-corrected chi connectivity index (χ3v) is 7.90. The van der Waals surface area contributed by atoms with Gasteiger partial charge in [-0.05, 0) is 73.4 Å². The number of carboxylic acids is 1. The molecule has 1 aliphatic heterocycles. The largest absolute Gasteiger partial charge is 0.478 e.